The van der Waals surface area contributed by atoms with Gasteiger partial charge in [0.15, 0.2) is 0 Å². The highest BCUT2D eigenvalue weighted by Crippen LogP contribution is 2.47. The lowest BCUT2D eigenvalue weighted by Crippen LogP contribution is -2.49. The molecule has 108 valence electrons. The fourth-order valence-electron chi connectivity index (χ4n) is 3.94. The molecule has 0 radical (unpaired) electrons. The number of halogens is 1. The van der Waals surface area contributed by atoms with Gasteiger partial charge in [-0.2, -0.15) is 0 Å². The van der Waals surface area contributed by atoms with Crippen LogP contribution in [-0.2, 0) is 4.79 Å². The number of nitrogens with zero attached hydrogens (tertiary/aromatic N) is 3. The van der Waals surface area contributed by atoms with E-state index in [-0.39, 0.29) is 5.92 Å². The largest absolute Gasteiger partial charge is 0.340 e. The number of carbonyl (C=O) groups is 1. The molecule has 2 heterocycles. The summed E-state index contributed by atoms with van der Waals surface area (Å²) in [5, 5.41) is 0. The summed E-state index contributed by atoms with van der Waals surface area (Å²) in [5.74, 6) is 0.664. The van der Waals surface area contributed by atoms with Gasteiger partial charge in [0.25, 0.3) is 0 Å². The van der Waals surface area contributed by atoms with Gasteiger partial charge in [-0.1, -0.05) is 12.8 Å². The molecule has 3 rings (SSSR count). The van der Waals surface area contributed by atoms with Gasteiger partial charge in [0.2, 0.25) is 5.91 Å². The molecule has 3 aliphatic rings. The van der Waals surface area contributed by atoms with E-state index in [1.165, 1.54) is 25.7 Å². The van der Waals surface area contributed by atoms with Crippen molar-refractivity contribution in [2.75, 3.05) is 39.8 Å². The number of likely N-dealkylation sites (N-methyl/N-ethyl adjacent to an activating group) is 1. The maximum atomic E-state index is 12.7. The number of hydrogen-bond donors (Lipinski definition) is 0. The Morgan fingerprint density at radius 3 is 2.42 bits per heavy atom. The molecular formula is C14H24IN3O. The predicted molar refractivity (Wildman–Crippen MR) is 84.1 cm³/mol. The first-order valence-corrected chi connectivity index (χ1v) is 8.48. The van der Waals surface area contributed by atoms with Gasteiger partial charge in [-0.25, -0.2) is 3.11 Å². The molecule has 0 N–H and O–H groups in total. The Hall–Kier alpha value is 0.120. The molecule has 19 heavy (non-hydrogen) atoms. The number of rotatable bonds is 1. The molecule has 0 bridgehead atoms. The van der Waals surface area contributed by atoms with Crippen LogP contribution in [0.2, 0.25) is 0 Å². The van der Waals surface area contributed by atoms with Crippen LogP contribution in [0.4, 0.5) is 0 Å². The maximum absolute atomic E-state index is 12.7. The lowest BCUT2D eigenvalue weighted by molar-refractivity contribution is -0.136. The summed E-state index contributed by atoms with van der Waals surface area (Å²) in [6, 6.07) is 0. The van der Waals surface area contributed by atoms with Crippen LogP contribution in [-0.4, -0.2) is 64.1 Å². The van der Waals surface area contributed by atoms with Crippen LogP contribution in [0.1, 0.15) is 32.1 Å². The summed E-state index contributed by atoms with van der Waals surface area (Å²) in [5.41, 5.74) is 0.355. The van der Waals surface area contributed by atoms with Crippen LogP contribution >= 0.6 is 22.9 Å². The predicted octanol–water partition coefficient (Wildman–Crippen LogP) is 1.75. The summed E-state index contributed by atoms with van der Waals surface area (Å²) >= 11 is 2.46. The molecule has 2 aliphatic heterocycles. The van der Waals surface area contributed by atoms with Crippen molar-refractivity contribution in [3.63, 3.8) is 0 Å². The Morgan fingerprint density at radius 2 is 1.79 bits per heavy atom. The van der Waals surface area contributed by atoms with E-state index in [9.17, 15) is 4.79 Å². The first-order valence-electron chi connectivity index (χ1n) is 7.51. The van der Waals surface area contributed by atoms with E-state index in [1.807, 2.05) is 0 Å². The van der Waals surface area contributed by atoms with E-state index in [1.54, 1.807) is 0 Å². The Bertz CT molecular complexity index is 349. The molecule has 0 aromatic rings. The van der Waals surface area contributed by atoms with Gasteiger partial charge in [0.1, 0.15) is 0 Å². The Balaban J connectivity index is 1.62. The van der Waals surface area contributed by atoms with Crippen molar-refractivity contribution >= 4 is 28.8 Å². The summed E-state index contributed by atoms with van der Waals surface area (Å²) in [4.78, 5) is 17.1. The van der Waals surface area contributed by atoms with Gasteiger partial charge >= 0.3 is 0 Å². The monoisotopic (exact) mass is 377 g/mol. The molecule has 4 nitrogen and oxygen atoms in total. The minimum Gasteiger partial charge on any atom is -0.340 e. The average molecular weight is 377 g/mol. The molecule has 1 saturated carbocycles. The summed E-state index contributed by atoms with van der Waals surface area (Å²) in [6.45, 7) is 4.85. The van der Waals surface area contributed by atoms with Crippen molar-refractivity contribution in [1.82, 2.24) is 12.9 Å². The quantitative estimate of drug-likeness (QED) is 0.515. The second-order valence-electron chi connectivity index (χ2n) is 6.51. The van der Waals surface area contributed by atoms with Crippen LogP contribution in [0.5, 0.6) is 0 Å². The number of amides is 1. The molecular weight excluding hydrogens is 353 g/mol. The second kappa shape index (κ2) is 5.48. The van der Waals surface area contributed by atoms with E-state index in [0.29, 0.717) is 11.4 Å². The minimum absolute atomic E-state index is 0.249. The topological polar surface area (TPSA) is 26.8 Å². The van der Waals surface area contributed by atoms with Crippen molar-refractivity contribution in [1.29, 1.82) is 0 Å². The Kier molecular flexibility index (Phi) is 4.06. The molecule has 1 unspecified atom stereocenters. The molecule has 0 aromatic heterocycles. The average Bonchev–Trinajstić information content (AvgIpc) is 2.99. The molecule has 1 atom stereocenters. The fourth-order valence-corrected chi connectivity index (χ4v) is 5.09. The van der Waals surface area contributed by atoms with Gasteiger partial charge < -0.3 is 9.80 Å². The standard InChI is InChI=1S/C14H24IN3O/c1-16-6-8-17(9-7-16)13(19)12-10-14(18(15)11-12)4-2-3-5-14/h12H,2-11H2,1H3. The van der Waals surface area contributed by atoms with Crippen LogP contribution in [0.3, 0.4) is 0 Å². The maximum Gasteiger partial charge on any atom is 0.227 e. The van der Waals surface area contributed by atoms with Crippen LogP contribution in [0.15, 0.2) is 0 Å². The number of piperazine rings is 1. The fraction of sp³-hybridized carbons (Fsp3) is 0.929. The van der Waals surface area contributed by atoms with E-state index in [4.69, 9.17) is 0 Å². The van der Waals surface area contributed by atoms with E-state index in [2.05, 4.69) is 42.8 Å². The molecule has 1 aliphatic carbocycles. The number of carbonyl (C=O) groups excluding carboxylic acids is 1. The zero-order valence-electron chi connectivity index (χ0n) is 11.8. The SMILES string of the molecule is CN1CCN(C(=O)C2CN(I)C3(CCCC3)C2)CC1. The smallest absolute Gasteiger partial charge is 0.227 e. The molecule has 5 heteroatoms. The second-order valence-corrected chi connectivity index (χ2v) is 7.67. The van der Waals surface area contributed by atoms with Crippen molar-refractivity contribution < 1.29 is 4.79 Å². The Labute approximate surface area is 130 Å². The lowest BCUT2D eigenvalue weighted by Gasteiger charge is -2.34. The number of hydrogen-bond acceptors (Lipinski definition) is 3. The van der Waals surface area contributed by atoms with E-state index < -0.39 is 0 Å². The zero-order valence-corrected chi connectivity index (χ0v) is 13.9. The molecule has 1 spiro atoms. The van der Waals surface area contributed by atoms with Crippen LogP contribution in [0.25, 0.3) is 0 Å². The third-order valence-corrected chi connectivity index (χ3v) is 6.64. The van der Waals surface area contributed by atoms with Gasteiger partial charge in [-0.15, -0.1) is 0 Å². The molecule has 2 saturated heterocycles. The lowest BCUT2D eigenvalue weighted by atomic mass is 9.90. The summed E-state index contributed by atoms with van der Waals surface area (Å²) < 4.78 is 2.45. The van der Waals surface area contributed by atoms with Crippen LogP contribution in [0, 0.1) is 5.92 Å². The normalized spacial score (nSPS) is 32.3. The van der Waals surface area contributed by atoms with Crippen molar-refractivity contribution in [3.05, 3.63) is 0 Å². The van der Waals surface area contributed by atoms with Gasteiger partial charge in [-0.3, -0.25) is 4.79 Å². The highest BCUT2D eigenvalue weighted by Gasteiger charge is 2.49. The molecule has 0 aromatic carbocycles. The first kappa shape index (κ1) is 14.1. The minimum atomic E-state index is 0.249. The van der Waals surface area contributed by atoms with E-state index in [0.717, 1.165) is 39.1 Å². The van der Waals surface area contributed by atoms with Gasteiger partial charge in [-0.05, 0) is 26.3 Å². The van der Waals surface area contributed by atoms with Crippen molar-refractivity contribution in [2.45, 2.75) is 37.6 Å². The highest BCUT2D eigenvalue weighted by molar-refractivity contribution is 14.1. The van der Waals surface area contributed by atoms with Gasteiger partial charge in [0.05, 0.1) is 5.92 Å². The Morgan fingerprint density at radius 1 is 1.16 bits per heavy atom. The third kappa shape index (κ3) is 2.65. The summed E-state index contributed by atoms with van der Waals surface area (Å²) in [7, 11) is 2.14. The molecule has 3 fully saturated rings. The molecule has 1 amide bonds. The summed E-state index contributed by atoms with van der Waals surface area (Å²) in [6.07, 6.45) is 6.37. The third-order valence-electron chi connectivity index (χ3n) is 5.22. The van der Waals surface area contributed by atoms with Crippen LogP contribution < -0.4 is 0 Å². The zero-order chi connectivity index (χ0) is 13.5. The highest BCUT2D eigenvalue weighted by atomic mass is 127. The van der Waals surface area contributed by atoms with Gasteiger partial charge in [0, 0.05) is 61.1 Å². The van der Waals surface area contributed by atoms with Crippen molar-refractivity contribution in [3.8, 4) is 0 Å². The van der Waals surface area contributed by atoms with E-state index >= 15 is 0 Å². The van der Waals surface area contributed by atoms with Crippen molar-refractivity contribution in [2.24, 2.45) is 5.92 Å². The first-order chi connectivity index (χ1) is 9.11.